The van der Waals surface area contributed by atoms with Crippen LogP contribution in [0.15, 0.2) is 48.5 Å². The van der Waals surface area contributed by atoms with Crippen LogP contribution in [-0.4, -0.2) is 26.1 Å². The van der Waals surface area contributed by atoms with Crippen molar-refractivity contribution >= 4 is 5.91 Å². The number of halogens is 1. The first-order chi connectivity index (χ1) is 12.2. The van der Waals surface area contributed by atoms with Crippen molar-refractivity contribution in [3.63, 3.8) is 0 Å². The average Bonchev–Trinajstić information content (AvgIpc) is 3.12. The second-order valence-electron chi connectivity index (χ2n) is 6.02. The Kier molecular flexibility index (Phi) is 5.63. The monoisotopic (exact) mass is 343 g/mol. The van der Waals surface area contributed by atoms with Crippen LogP contribution in [0.4, 0.5) is 4.39 Å². The predicted octanol–water partition coefficient (Wildman–Crippen LogP) is 1.96. The van der Waals surface area contributed by atoms with Gasteiger partial charge in [-0.05, 0) is 35.7 Å². The molecule has 132 valence electrons. The first-order valence-corrected chi connectivity index (χ1v) is 8.32. The number of hydrogen-bond donors (Lipinski definition) is 3. The molecule has 0 bridgehead atoms. The molecule has 3 rings (SSSR count). The van der Waals surface area contributed by atoms with Crippen molar-refractivity contribution < 1.29 is 13.9 Å². The van der Waals surface area contributed by atoms with Gasteiger partial charge in [-0.3, -0.25) is 10.2 Å². The summed E-state index contributed by atoms with van der Waals surface area (Å²) in [4.78, 5) is 12.5. The molecule has 3 N–H and O–H groups in total. The van der Waals surface area contributed by atoms with Gasteiger partial charge in [-0.1, -0.05) is 30.3 Å². The van der Waals surface area contributed by atoms with Crippen LogP contribution >= 0.6 is 0 Å². The van der Waals surface area contributed by atoms with Gasteiger partial charge in [0.1, 0.15) is 11.6 Å². The molecule has 0 aromatic heterocycles. The highest BCUT2D eigenvalue weighted by Gasteiger charge is 2.33. The molecule has 1 aliphatic heterocycles. The molecule has 2 aromatic rings. The van der Waals surface area contributed by atoms with Gasteiger partial charge in [-0.2, -0.15) is 0 Å². The van der Waals surface area contributed by atoms with E-state index in [1.54, 1.807) is 13.2 Å². The Labute approximate surface area is 146 Å². The van der Waals surface area contributed by atoms with Crippen LogP contribution in [-0.2, 0) is 11.2 Å². The smallest absolute Gasteiger partial charge is 0.226 e. The zero-order chi connectivity index (χ0) is 17.6. The molecule has 1 amide bonds. The molecule has 1 fully saturated rings. The quantitative estimate of drug-likeness (QED) is 0.750. The van der Waals surface area contributed by atoms with Gasteiger partial charge in [0.2, 0.25) is 5.91 Å². The molecule has 2 aromatic carbocycles. The number of ether oxygens (including phenoxy) is 1. The second-order valence-corrected chi connectivity index (χ2v) is 6.02. The third-order valence-corrected chi connectivity index (χ3v) is 4.41. The molecule has 1 saturated heterocycles. The number of methoxy groups -OCH3 is 1. The summed E-state index contributed by atoms with van der Waals surface area (Å²) in [6.07, 6.45) is 0.688. The van der Waals surface area contributed by atoms with E-state index in [-0.39, 0.29) is 23.7 Å². The minimum absolute atomic E-state index is 0.0540. The lowest BCUT2D eigenvalue weighted by atomic mass is 9.94. The highest BCUT2D eigenvalue weighted by Crippen LogP contribution is 2.25. The summed E-state index contributed by atoms with van der Waals surface area (Å²) in [5.41, 5.74) is 7.86. The summed E-state index contributed by atoms with van der Waals surface area (Å²) in [6.45, 7) is 1.02. The Bertz CT molecular complexity index is 738. The fourth-order valence-corrected chi connectivity index (χ4v) is 3.12. The SMILES string of the molecule is COc1ccccc1CCNC(=O)C1CNNC1c1cccc(F)c1. The fourth-order valence-electron chi connectivity index (χ4n) is 3.12. The van der Waals surface area contributed by atoms with Gasteiger partial charge in [0.15, 0.2) is 0 Å². The van der Waals surface area contributed by atoms with E-state index in [0.29, 0.717) is 19.5 Å². The van der Waals surface area contributed by atoms with Crippen molar-refractivity contribution in [1.82, 2.24) is 16.2 Å². The molecule has 1 aliphatic rings. The van der Waals surface area contributed by atoms with Gasteiger partial charge < -0.3 is 10.1 Å². The normalized spacial score (nSPS) is 19.6. The van der Waals surface area contributed by atoms with E-state index in [2.05, 4.69) is 16.2 Å². The minimum Gasteiger partial charge on any atom is -0.496 e. The number of benzene rings is 2. The topological polar surface area (TPSA) is 62.4 Å². The summed E-state index contributed by atoms with van der Waals surface area (Å²) in [7, 11) is 1.64. The van der Waals surface area contributed by atoms with Gasteiger partial charge in [0.05, 0.1) is 19.1 Å². The largest absolute Gasteiger partial charge is 0.496 e. The summed E-state index contributed by atoms with van der Waals surface area (Å²) in [5, 5.41) is 2.97. The zero-order valence-electron chi connectivity index (χ0n) is 14.1. The van der Waals surface area contributed by atoms with Crippen molar-refractivity contribution in [2.24, 2.45) is 5.92 Å². The summed E-state index contributed by atoms with van der Waals surface area (Å²) >= 11 is 0. The number of carbonyl (C=O) groups is 1. The number of nitrogens with one attached hydrogen (secondary N) is 3. The summed E-state index contributed by atoms with van der Waals surface area (Å²) in [5.74, 6) is 0.168. The van der Waals surface area contributed by atoms with E-state index >= 15 is 0 Å². The Balaban J connectivity index is 1.59. The van der Waals surface area contributed by atoms with Crippen molar-refractivity contribution in [2.75, 3.05) is 20.2 Å². The van der Waals surface area contributed by atoms with E-state index in [9.17, 15) is 9.18 Å². The molecule has 25 heavy (non-hydrogen) atoms. The molecule has 0 spiro atoms. The Hall–Kier alpha value is -2.44. The Morgan fingerprint density at radius 1 is 1.28 bits per heavy atom. The van der Waals surface area contributed by atoms with Crippen LogP contribution in [0.2, 0.25) is 0 Å². The third kappa shape index (κ3) is 4.15. The van der Waals surface area contributed by atoms with Gasteiger partial charge in [-0.15, -0.1) is 0 Å². The lowest BCUT2D eigenvalue weighted by Gasteiger charge is -2.18. The zero-order valence-corrected chi connectivity index (χ0v) is 14.1. The van der Waals surface area contributed by atoms with Crippen LogP contribution < -0.4 is 20.9 Å². The number of carbonyl (C=O) groups excluding carboxylic acids is 1. The van der Waals surface area contributed by atoms with Crippen LogP contribution in [0.3, 0.4) is 0 Å². The predicted molar refractivity (Wildman–Crippen MR) is 93.5 cm³/mol. The molecular formula is C19H22FN3O2. The highest BCUT2D eigenvalue weighted by atomic mass is 19.1. The van der Waals surface area contributed by atoms with E-state index in [1.165, 1.54) is 12.1 Å². The van der Waals surface area contributed by atoms with Crippen LogP contribution in [0.25, 0.3) is 0 Å². The molecule has 2 atom stereocenters. The van der Waals surface area contributed by atoms with Crippen LogP contribution in [0.1, 0.15) is 17.2 Å². The number of hydrogen-bond acceptors (Lipinski definition) is 4. The molecule has 0 saturated carbocycles. The fraction of sp³-hybridized carbons (Fsp3) is 0.316. The molecule has 6 heteroatoms. The Morgan fingerprint density at radius 3 is 2.92 bits per heavy atom. The Morgan fingerprint density at radius 2 is 2.12 bits per heavy atom. The maximum Gasteiger partial charge on any atom is 0.226 e. The highest BCUT2D eigenvalue weighted by molar-refractivity contribution is 5.80. The molecule has 1 heterocycles. The molecular weight excluding hydrogens is 321 g/mol. The van der Waals surface area contributed by atoms with Crippen LogP contribution in [0, 0.1) is 11.7 Å². The maximum absolute atomic E-state index is 13.4. The first kappa shape index (κ1) is 17.4. The van der Waals surface area contributed by atoms with Gasteiger partial charge >= 0.3 is 0 Å². The molecule has 5 nitrogen and oxygen atoms in total. The van der Waals surface area contributed by atoms with Crippen molar-refractivity contribution in [3.05, 3.63) is 65.5 Å². The van der Waals surface area contributed by atoms with Gasteiger partial charge in [0, 0.05) is 13.1 Å². The summed E-state index contributed by atoms with van der Waals surface area (Å²) < 4.78 is 18.8. The lowest BCUT2D eigenvalue weighted by molar-refractivity contribution is -0.124. The van der Waals surface area contributed by atoms with E-state index in [1.807, 2.05) is 30.3 Å². The van der Waals surface area contributed by atoms with Crippen LogP contribution in [0.5, 0.6) is 5.75 Å². The molecule has 2 unspecified atom stereocenters. The maximum atomic E-state index is 13.4. The van der Waals surface area contributed by atoms with Crippen molar-refractivity contribution in [1.29, 1.82) is 0 Å². The number of amides is 1. The second kappa shape index (κ2) is 8.09. The van der Waals surface area contributed by atoms with E-state index in [4.69, 9.17) is 4.74 Å². The summed E-state index contributed by atoms with van der Waals surface area (Å²) in [6, 6.07) is 13.8. The van der Waals surface area contributed by atoms with Crippen molar-refractivity contribution in [2.45, 2.75) is 12.5 Å². The van der Waals surface area contributed by atoms with Gasteiger partial charge in [0.25, 0.3) is 0 Å². The minimum atomic E-state index is -0.304. The number of para-hydroxylation sites is 1. The molecule has 0 aliphatic carbocycles. The van der Waals surface area contributed by atoms with Crippen molar-refractivity contribution in [3.8, 4) is 5.75 Å². The first-order valence-electron chi connectivity index (χ1n) is 8.32. The van der Waals surface area contributed by atoms with E-state index < -0.39 is 0 Å². The van der Waals surface area contributed by atoms with Gasteiger partial charge in [-0.25, -0.2) is 9.82 Å². The lowest BCUT2D eigenvalue weighted by Crippen LogP contribution is -2.36. The standard InChI is InChI=1S/C19H22FN3O2/c1-25-17-8-3-2-5-13(17)9-10-21-19(24)16-12-22-23-18(16)14-6-4-7-15(20)11-14/h2-8,11,16,18,22-23H,9-10,12H2,1H3,(H,21,24). The number of rotatable bonds is 6. The number of hydrazine groups is 1. The third-order valence-electron chi connectivity index (χ3n) is 4.41. The molecule has 0 radical (unpaired) electrons. The average molecular weight is 343 g/mol. The van der Waals surface area contributed by atoms with E-state index in [0.717, 1.165) is 16.9 Å².